The monoisotopic (exact) mass is 454 g/mol. The van der Waals surface area contributed by atoms with E-state index in [1.54, 1.807) is 11.0 Å². The maximum atomic E-state index is 13.8. The lowest BCUT2D eigenvalue weighted by Gasteiger charge is -2.30. The molecule has 0 unspecified atom stereocenters. The number of aromatic nitrogens is 2. The van der Waals surface area contributed by atoms with E-state index in [1.165, 1.54) is 24.3 Å². The topological polar surface area (TPSA) is 58.6 Å². The lowest BCUT2D eigenvalue weighted by molar-refractivity contribution is 0.0731. The van der Waals surface area contributed by atoms with E-state index < -0.39 is 17.5 Å². The molecule has 5 rings (SSSR count). The van der Waals surface area contributed by atoms with Crippen LogP contribution < -0.4 is 9.64 Å². The molecule has 0 spiro atoms. The first-order valence-electron chi connectivity index (χ1n) is 10.8. The quantitative estimate of drug-likeness (QED) is 0.582. The Kier molecular flexibility index (Phi) is 5.62. The van der Waals surface area contributed by atoms with Crippen molar-refractivity contribution in [2.75, 3.05) is 24.5 Å². The van der Waals surface area contributed by atoms with Crippen LogP contribution in [0.4, 0.5) is 19.1 Å². The minimum absolute atomic E-state index is 0.0933. The average molecular weight is 454 g/mol. The summed E-state index contributed by atoms with van der Waals surface area (Å²) in [6.07, 6.45) is 2.54. The molecule has 1 saturated heterocycles. The Morgan fingerprint density at radius 2 is 1.76 bits per heavy atom. The van der Waals surface area contributed by atoms with Crippen molar-refractivity contribution in [3.63, 3.8) is 0 Å². The molecule has 170 valence electrons. The Morgan fingerprint density at radius 1 is 0.939 bits per heavy atom. The van der Waals surface area contributed by atoms with Crippen LogP contribution in [0.3, 0.4) is 0 Å². The van der Waals surface area contributed by atoms with E-state index in [-0.39, 0.29) is 29.6 Å². The molecule has 0 aliphatic carbocycles. The highest BCUT2D eigenvalue weighted by molar-refractivity contribution is 5.94. The molecule has 9 heteroatoms. The van der Waals surface area contributed by atoms with Gasteiger partial charge in [0.05, 0.1) is 17.8 Å². The highest BCUT2D eigenvalue weighted by Crippen LogP contribution is 2.33. The summed E-state index contributed by atoms with van der Waals surface area (Å²) in [5, 5.41) is 0. The van der Waals surface area contributed by atoms with E-state index in [0.717, 1.165) is 43.8 Å². The molecule has 3 heterocycles. The smallest absolute Gasteiger partial charge is 0.254 e. The molecule has 1 amide bonds. The maximum Gasteiger partial charge on any atom is 0.254 e. The fourth-order valence-corrected chi connectivity index (χ4v) is 4.14. The van der Waals surface area contributed by atoms with Crippen molar-refractivity contribution in [1.82, 2.24) is 14.9 Å². The summed E-state index contributed by atoms with van der Waals surface area (Å²) in [7, 11) is 0. The van der Waals surface area contributed by atoms with Crippen LogP contribution in [0, 0.1) is 17.5 Å². The van der Waals surface area contributed by atoms with Gasteiger partial charge in [-0.05, 0) is 43.2 Å². The SMILES string of the molecule is O=C(c1cccc(F)c1)N1CCc2nc(N3CCCC3)nc(Oc3ccc(F)c(F)c3)c2C1. The largest absolute Gasteiger partial charge is 0.438 e. The third-order valence-corrected chi connectivity index (χ3v) is 5.86. The fraction of sp³-hybridized carbons (Fsp3) is 0.292. The number of carbonyl (C=O) groups is 1. The Balaban J connectivity index is 1.49. The molecule has 0 atom stereocenters. The number of halogens is 3. The van der Waals surface area contributed by atoms with Crippen molar-refractivity contribution >= 4 is 11.9 Å². The molecule has 1 aromatic heterocycles. The van der Waals surface area contributed by atoms with Crippen LogP contribution >= 0.6 is 0 Å². The number of hydrogen-bond donors (Lipinski definition) is 0. The standard InChI is InChI=1S/C24H21F3N4O2/c25-16-5-3-4-15(12-16)23(32)31-11-8-21-18(14-31)22(29-24(28-21)30-9-1-2-10-30)33-17-6-7-19(26)20(27)13-17/h3-7,12-13H,1-2,8-11,14H2. The lowest BCUT2D eigenvalue weighted by Crippen LogP contribution is -2.37. The predicted octanol–water partition coefficient (Wildman–Crippen LogP) is 4.48. The van der Waals surface area contributed by atoms with E-state index in [9.17, 15) is 18.0 Å². The third-order valence-electron chi connectivity index (χ3n) is 5.86. The van der Waals surface area contributed by atoms with Crippen molar-refractivity contribution in [1.29, 1.82) is 0 Å². The average Bonchev–Trinajstić information content (AvgIpc) is 3.36. The summed E-state index contributed by atoms with van der Waals surface area (Å²) in [5.41, 5.74) is 1.59. The van der Waals surface area contributed by atoms with Gasteiger partial charge in [-0.3, -0.25) is 4.79 Å². The molecular formula is C24H21F3N4O2. The van der Waals surface area contributed by atoms with Crippen LogP contribution in [-0.4, -0.2) is 40.4 Å². The summed E-state index contributed by atoms with van der Waals surface area (Å²) >= 11 is 0. The van der Waals surface area contributed by atoms with Crippen molar-refractivity contribution < 1.29 is 22.7 Å². The second kappa shape index (κ2) is 8.73. The first-order valence-corrected chi connectivity index (χ1v) is 10.8. The van der Waals surface area contributed by atoms with Crippen molar-refractivity contribution in [2.45, 2.75) is 25.8 Å². The van der Waals surface area contributed by atoms with Gasteiger partial charge in [0, 0.05) is 37.7 Å². The van der Waals surface area contributed by atoms with Gasteiger partial charge in [-0.2, -0.15) is 4.98 Å². The molecule has 3 aromatic rings. The molecule has 2 aromatic carbocycles. The number of amides is 1. The third kappa shape index (κ3) is 4.35. The number of hydrogen-bond acceptors (Lipinski definition) is 5. The van der Waals surface area contributed by atoms with E-state index in [0.29, 0.717) is 24.5 Å². The zero-order valence-electron chi connectivity index (χ0n) is 17.7. The van der Waals surface area contributed by atoms with E-state index in [2.05, 4.69) is 9.88 Å². The number of anilines is 1. The Labute approximate surface area is 188 Å². The molecule has 1 fully saturated rings. The Morgan fingerprint density at radius 3 is 2.52 bits per heavy atom. The van der Waals surface area contributed by atoms with Crippen LogP contribution in [0.2, 0.25) is 0 Å². The van der Waals surface area contributed by atoms with Crippen molar-refractivity contribution in [3.05, 3.63) is 76.7 Å². The summed E-state index contributed by atoms with van der Waals surface area (Å²) in [5.74, 6) is -1.99. The minimum Gasteiger partial charge on any atom is -0.438 e. The van der Waals surface area contributed by atoms with Gasteiger partial charge in [0.25, 0.3) is 5.91 Å². The van der Waals surface area contributed by atoms with Crippen LogP contribution in [0.1, 0.15) is 34.5 Å². The number of carbonyl (C=O) groups excluding carboxylic acids is 1. The van der Waals surface area contributed by atoms with Gasteiger partial charge in [-0.15, -0.1) is 0 Å². The minimum atomic E-state index is -1.03. The van der Waals surface area contributed by atoms with Crippen LogP contribution in [0.5, 0.6) is 11.6 Å². The highest BCUT2D eigenvalue weighted by Gasteiger charge is 2.29. The van der Waals surface area contributed by atoms with Crippen molar-refractivity contribution in [3.8, 4) is 11.6 Å². The lowest BCUT2D eigenvalue weighted by atomic mass is 10.1. The second-order valence-electron chi connectivity index (χ2n) is 8.11. The maximum absolute atomic E-state index is 13.8. The highest BCUT2D eigenvalue weighted by atomic mass is 19.2. The van der Waals surface area contributed by atoms with Gasteiger partial charge in [-0.25, -0.2) is 18.2 Å². The molecule has 6 nitrogen and oxygen atoms in total. The van der Waals surface area contributed by atoms with Gasteiger partial charge in [0.1, 0.15) is 11.6 Å². The molecule has 0 saturated carbocycles. The summed E-state index contributed by atoms with van der Waals surface area (Å²) in [6.45, 7) is 2.22. The molecular weight excluding hydrogens is 433 g/mol. The Bertz CT molecular complexity index is 1210. The van der Waals surface area contributed by atoms with E-state index in [1.807, 2.05) is 0 Å². The molecule has 0 bridgehead atoms. The number of benzene rings is 2. The van der Waals surface area contributed by atoms with Gasteiger partial charge >= 0.3 is 0 Å². The van der Waals surface area contributed by atoms with Crippen molar-refractivity contribution in [2.24, 2.45) is 0 Å². The van der Waals surface area contributed by atoms with Crippen LogP contribution in [0.15, 0.2) is 42.5 Å². The summed E-state index contributed by atoms with van der Waals surface area (Å²) < 4.78 is 46.6. The summed E-state index contributed by atoms with van der Waals surface area (Å²) in [4.78, 5) is 25.9. The first-order chi connectivity index (χ1) is 16.0. The number of nitrogens with zero attached hydrogens (tertiary/aromatic N) is 4. The van der Waals surface area contributed by atoms with Crippen LogP contribution in [0.25, 0.3) is 0 Å². The van der Waals surface area contributed by atoms with E-state index in [4.69, 9.17) is 9.72 Å². The van der Waals surface area contributed by atoms with Crippen LogP contribution in [-0.2, 0) is 13.0 Å². The zero-order chi connectivity index (χ0) is 22.9. The number of rotatable bonds is 4. The van der Waals surface area contributed by atoms with Gasteiger partial charge in [0.2, 0.25) is 11.8 Å². The predicted molar refractivity (Wildman–Crippen MR) is 115 cm³/mol. The summed E-state index contributed by atoms with van der Waals surface area (Å²) in [6, 6.07) is 8.79. The van der Waals surface area contributed by atoms with E-state index >= 15 is 0 Å². The first kappa shape index (κ1) is 21.2. The molecule has 2 aliphatic heterocycles. The molecule has 0 radical (unpaired) electrons. The number of ether oxygens (including phenoxy) is 1. The molecule has 2 aliphatic rings. The van der Waals surface area contributed by atoms with Gasteiger partial charge in [0.15, 0.2) is 11.6 Å². The van der Waals surface area contributed by atoms with Gasteiger partial charge < -0.3 is 14.5 Å². The molecule has 33 heavy (non-hydrogen) atoms. The number of fused-ring (bicyclic) bond motifs is 1. The Hall–Kier alpha value is -3.62. The fourth-order valence-electron chi connectivity index (χ4n) is 4.14. The zero-order valence-corrected chi connectivity index (χ0v) is 17.7. The normalized spacial score (nSPS) is 15.5. The van der Waals surface area contributed by atoms with Gasteiger partial charge in [-0.1, -0.05) is 6.07 Å². The second-order valence-corrected chi connectivity index (χ2v) is 8.11. The molecule has 0 N–H and O–H groups in total.